The van der Waals surface area contributed by atoms with Crippen molar-refractivity contribution in [1.29, 1.82) is 0 Å². The second kappa shape index (κ2) is 4.48. The Balaban J connectivity index is 1.88. The number of amides is 3. The predicted octanol–water partition coefficient (Wildman–Crippen LogP) is 0.323. The number of benzene rings is 1. The zero-order valence-electron chi connectivity index (χ0n) is 10.8. The van der Waals surface area contributed by atoms with E-state index < -0.39 is 11.9 Å². The summed E-state index contributed by atoms with van der Waals surface area (Å²) in [5, 5.41) is 5.70. The largest absolute Gasteiger partial charge is 0.340 e. The molecule has 0 aliphatic carbocycles. The van der Waals surface area contributed by atoms with Crippen molar-refractivity contribution in [3.63, 3.8) is 0 Å². The molecule has 1 fully saturated rings. The van der Waals surface area contributed by atoms with E-state index in [0.29, 0.717) is 5.69 Å². The standard InChI is InChI=1S/C14H13N3O3/c1-17-10-5-3-2-4-8(10)6-11(17)14(20)15-9-7-12(18)16-13(9)19/h2-6,9H,7H2,1H3,(H,15,20)(H,16,18,19). The number of nitrogens with one attached hydrogen (secondary N) is 2. The van der Waals surface area contributed by atoms with Gasteiger partial charge in [0.15, 0.2) is 0 Å². The van der Waals surface area contributed by atoms with Crippen molar-refractivity contribution in [2.75, 3.05) is 0 Å². The zero-order chi connectivity index (χ0) is 14.3. The highest BCUT2D eigenvalue weighted by atomic mass is 16.2. The molecule has 1 unspecified atom stereocenters. The Hall–Kier alpha value is -2.63. The van der Waals surface area contributed by atoms with Crippen molar-refractivity contribution < 1.29 is 14.4 Å². The quantitative estimate of drug-likeness (QED) is 0.772. The second-order valence-corrected chi connectivity index (χ2v) is 4.79. The summed E-state index contributed by atoms with van der Waals surface area (Å²) in [4.78, 5) is 34.8. The van der Waals surface area contributed by atoms with Crippen LogP contribution in [-0.4, -0.2) is 28.3 Å². The third-order valence-corrected chi connectivity index (χ3v) is 3.46. The van der Waals surface area contributed by atoms with Crippen LogP contribution in [0.25, 0.3) is 10.9 Å². The lowest BCUT2D eigenvalue weighted by Gasteiger charge is -2.09. The minimum Gasteiger partial charge on any atom is -0.340 e. The molecule has 3 rings (SSSR count). The molecule has 0 spiro atoms. The first-order valence-corrected chi connectivity index (χ1v) is 6.25. The molecular weight excluding hydrogens is 258 g/mol. The molecule has 20 heavy (non-hydrogen) atoms. The number of nitrogens with zero attached hydrogens (tertiary/aromatic N) is 1. The summed E-state index contributed by atoms with van der Waals surface area (Å²) in [6, 6.07) is 8.60. The van der Waals surface area contributed by atoms with Crippen LogP contribution in [0.3, 0.4) is 0 Å². The maximum absolute atomic E-state index is 12.2. The summed E-state index contributed by atoms with van der Waals surface area (Å²) in [7, 11) is 1.79. The van der Waals surface area contributed by atoms with Crippen LogP contribution in [0.4, 0.5) is 0 Å². The Labute approximate surface area is 114 Å². The van der Waals surface area contributed by atoms with Crippen LogP contribution in [-0.2, 0) is 16.6 Å². The average molecular weight is 271 g/mol. The SMILES string of the molecule is Cn1c(C(=O)NC2CC(=O)NC2=O)cc2ccccc21. The molecule has 2 heterocycles. The number of hydrogen-bond acceptors (Lipinski definition) is 3. The van der Waals surface area contributed by atoms with Crippen molar-refractivity contribution >= 4 is 28.6 Å². The molecule has 1 aliphatic rings. The molecule has 1 saturated heterocycles. The molecule has 0 radical (unpaired) electrons. The fourth-order valence-electron chi connectivity index (χ4n) is 2.41. The number of carbonyl (C=O) groups excluding carboxylic acids is 3. The normalized spacial score (nSPS) is 18.4. The van der Waals surface area contributed by atoms with Crippen molar-refractivity contribution in [3.8, 4) is 0 Å². The second-order valence-electron chi connectivity index (χ2n) is 4.79. The van der Waals surface area contributed by atoms with E-state index in [2.05, 4.69) is 10.6 Å². The van der Waals surface area contributed by atoms with E-state index in [9.17, 15) is 14.4 Å². The van der Waals surface area contributed by atoms with Crippen LogP contribution < -0.4 is 10.6 Å². The summed E-state index contributed by atoms with van der Waals surface area (Å²) in [6.45, 7) is 0. The first-order chi connectivity index (χ1) is 9.56. The zero-order valence-corrected chi connectivity index (χ0v) is 10.8. The van der Waals surface area contributed by atoms with Gasteiger partial charge in [-0.15, -0.1) is 0 Å². The molecule has 2 N–H and O–H groups in total. The van der Waals surface area contributed by atoms with E-state index in [1.165, 1.54) is 0 Å². The number of hydrogen-bond donors (Lipinski definition) is 2. The lowest BCUT2D eigenvalue weighted by molar-refractivity contribution is -0.125. The van der Waals surface area contributed by atoms with Crippen LogP contribution in [0.2, 0.25) is 0 Å². The third-order valence-electron chi connectivity index (χ3n) is 3.46. The van der Waals surface area contributed by atoms with E-state index in [1.54, 1.807) is 17.7 Å². The first-order valence-electron chi connectivity index (χ1n) is 6.25. The Morgan fingerprint density at radius 3 is 2.75 bits per heavy atom. The van der Waals surface area contributed by atoms with Gasteiger partial charge in [-0.2, -0.15) is 0 Å². The summed E-state index contributed by atoms with van der Waals surface area (Å²) >= 11 is 0. The highest BCUT2D eigenvalue weighted by Gasteiger charge is 2.32. The van der Waals surface area contributed by atoms with Gasteiger partial charge >= 0.3 is 0 Å². The van der Waals surface area contributed by atoms with Crippen LogP contribution in [0.15, 0.2) is 30.3 Å². The average Bonchev–Trinajstić information content (AvgIpc) is 2.91. The first kappa shape index (κ1) is 12.4. The third kappa shape index (κ3) is 1.95. The van der Waals surface area contributed by atoms with E-state index in [4.69, 9.17) is 0 Å². The van der Waals surface area contributed by atoms with Gasteiger partial charge in [-0.1, -0.05) is 18.2 Å². The maximum Gasteiger partial charge on any atom is 0.268 e. The Bertz CT molecular complexity index is 732. The molecule has 6 heteroatoms. The lowest BCUT2D eigenvalue weighted by Crippen LogP contribution is -2.40. The van der Waals surface area contributed by atoms with Gasteiger partial charge in [-0.25, -0.2) is 0 Å². The van der Waals surface area contributed by atoms with Crippen LogP contribution in [0.5, 0.6) is 0 Å². The molecule has 1 aromatic heterocycles. The molecule has 2 aromatic rings. The summed E-state index contributed by atoms with van der Waals surface area (Å²) < 4.78 is 1.76. The fraction of sp³-hybridized carbons (Fsp3) is 0.214. The lowest BCUT2D eigenvalue weighted by atomic mass is 10.2. The Kier molecular flexibility index (Phi) is 2.78. The van der Waals surface area contributed by atoms with Crippen molar-refractivity contribution in [2.45, 2.75) is 12.5 Å². The number of fused-ring (bicyclic) bond motifs is 1. The summed E-state index contributed by atoms with van der Waals surface area (Å²) in [5.74, 6) is -1.18. The van der Waals surface area contributed by atoms with Gasteiger partial charge in [0.2, 0.25) is 11.8 Å². The molecule has 1 atom stereocenters. The van der Waals surface area contributed by atoms with Gasteiger partial charge in [0.25, 0.3) is 5.91 Å². The Morgan fingerprint density at radius 1 is 1.35 bits per heavy atom. The minimum absolute atomic E-state index is 0.00544. The van der Waals surface area contributed by atoms with Crippen molar-refractivity contribution in [3.05, 3.63) is 36.0 Å². The highest BCUT2D eigenvalue weighted by molar-refractivity contribution is 6.08. The summed E-state index contributed by atoms with van der Waals surface area (Å²) in [5.41, 5.74) is 1.39. The van der Waals surface area contributed by atoms with Crippen molar-refractivity contribution in [2.24, 2.45) is 7.05 Å². The van der Waals surface area contributed by atoms with Crippen LogP contribution >= 0.6 is 0 Å². The smallest absolute Gasteiger partial charge is 0.268 e. The van der Waals surface area contributed by atoms with Crippen LogP contribution in [0, 0.1) is 0 Å². The molecule has 0 saturated carbocycles. The van der Waals surface area contributed by atoms with E-state index in [-0.39, 0.29) is 18.2 Å². The monoisotopic (exact) mass is 271 g/mol. The van der Waals surface area contributed by atoms with E-state index in [1.807, 2.05) is 24.3 Å². The number of aryl methyl sites for hydroxylation is 1. The number of carbonyl (C=O) groups is 3. The van der Waals surface area contributed by atoms with Gasteiger partial charge in [0.1, 0.15) is 11.7 Å². The predicted molar refractivity (Wildman–Crippen MR) is 71.9 cm³/mol. The number of para-hydroxylation sites is 1. The molecule has 0 bridgehead atoms. The molecule has 1 aromatic carbocycles. The molecule has 3 amide bonds. The number of rotatable bonds is 2. The van der Waals surface area contributed by atoms with E-state index >= 15 is 0 Å². The van der Waals surface area contributed by atoms with Gasteiger partial charge in [-0.3, -0.25) is 19.7 Å². The Morgan fingerprint density at radius 2 is 2.10 bits per heavy atom. The summed E-state index contributed by atoms with van der Waals surface area (Å²) in [6.07, 6.45) is -0.00544. The minimum atomic E-state index is -0.784. The van der Waals surface area contributed by atoms with Crippen molar-refractivity contribution in [1.82, 2.24) is 15.2 Å². The topological polar surface area (TPSA) is 80.2 Å². The van der Waals surface area contributed by atoms with Crippen LogP contribution in [0.1, 0.15) is 16.9 Å². The highest BCUT2D eigenvalue weighted by Crippen LogP contribution is 2.18. The molecule has 102 valence electrons. The van der Waals surface area contributed by atoms with Gasteiger partial charge < -0.3 is 9.88 Å². The van der Waals surface area contributed by atoms with Gasteiger partial charge in [0, 0.05) is 18.0 Å². The number of aromatic nitrogens is 1. The fourth-order valence-corrected chi connectivity index (χ4v) is 2.41. The molecular formula is C14H13N3O3. The van der Waals surface area contributed by atoms with Gasteiger partial charge in [-0.05, 0) is 12.1 Å². The van der Waals surface area contributed by atoms with E-state index in [0.717, 1.165) is 10.9 Å². The molecule has 6 nitrogen and oxygen atoms in total. The number of imide groups is 1. The molecule has 1 aliphatic heterocycles. The maximum atomic E-state index is 12.2. The van der Waals surface area contributed by atoms with Gasteiger partial charge in [0.05, 0.1) is 6.42 Å².